The van der Waals surface area contributed by atoms with Crippen LogP contribution in [0.5, 0.6) is 5.75 Å². The zero-order chi connectivity index (χ0) is 35.4. The molecule has 1 aliphatic carbocycles. The van der Waals surface area contributed by atoms with Crippen molar-refractivity contribution in [3.8, 4) is 5.75 Å². The third kappa shape index (κ3) is 6.20. The predicted molar refractivity (Wildman–Crippen MR) is 176 cm³/mol. The van der Waals surface area contributed by atoms with E-state index < -0.39 is 29.1 Å². The van der Waals surface area contributed by atoms with Gasteiger partial charge >= 0.3 is 6.18 Å². The summed E-state index contributed by atoms with van der Waals surface area (Å²) in [5, 5.41) is 12.8. The highest BCUT2D eigenvalue weighted by Gasteiger charge is 2.54. The molecule has 6 rings (SSSR count). The number of carbonyl (C=O) groups is 2. The zero-order valence-corrected chi connectivity index (χ0v) is 27.9. The van der Waals surface area contributed by atoms with Gasteiger partial charge in [0.25, 0.3) is 5.91 Å². The second kappa shape index (κ2) is 12.5. The van der Waals surface area contributed by atoms with Crippen LogP contribution < -0.4 is 20.5 Å². The van der Waals surface area contributed by atoms with Crippen molar-refractivity contribution in [3.05, 3.63) is 68.6 Å². The van der Waals surface area contributed by atoms with Gasteiger partial charge in [-0.05, 0) is 44.4 Å². The lowest BCUT2D eigenvalue weighted by Crippen LogP contribution is -2.58. The van der Waals surface area contributed by atoms with Gasteiger partial charge in [0, 0.05) is 39.4 Å². The number of piperazine rings is 1. The molecule has 17 heteroatoms. The average molecular weight is 700 g/mol. The minimum atomic E-state index is -4.61. The monoisotopic (exact) mass is 699 g/mol. The van der Waals surface area contributed by atoms with Gasteiger partial charge < -0.3 is 29.7 Å². The maximum Gasteiger partial charge on any atom is 0.416 e. The molecule has 13 nitrogen and oxygen atoms in total. The zero-order valence-electron chi connectivity index (χ0n) is 27.1. The number of pyridine rings is 1. The quantitative estimate of drug-likeness (QED) is 0.290. The molecule has 1 aliphatic heterocycles. The standard InChI is InChI=1S/C32H33ClF3N9O4/c1-5-21-26(43-10-11-45(31(15-43)8-9-31)30(49)25-27(47)17(2)38-16-39-25)28(48)24-29(37-13-22(41-24)42(3)4)44(21)14-23(46)40-20-7-6-18(12-19(20)33)32(34,35)36/h6-7,12-13,16,47H,5,8-11,14-15H2,1-4H3,(H,40,46). The smallest absolute Gasteiger partial charge is 0.416 e. The molecule has 4 aromatic rings. The van der Waals surface area contributed by atoms with Crippen molar-refractivity contribution in [2.24, 2.45) is 0 Å². The number of aromatic hydroxyl groups is 1. The third-order valence-electron chi connectivity index (χ3n) is 8.94. The van der Waals surface area contributed by atoms with Gasteiger partial charge in [0.1, 0.15) is 24.4 Å². The van der Waals surface area contributed by atoms with Crippen molar-refractivity contribution in [3.63, 3.8) is 0 Å². The lowest BCUT2D eigenvalue weighted by atomic mass is 10.1. The fourth-order valence-electron chi connectivity index (χ4n) is 6.23. The summed E-state index contributed by atoms with van der Waals surface area (Å²) in [5.41, 5.74) is -0.739. The van der Waals surface area contributed by atoms with Crippen molar-refractivity contribution < 1.29 is 27.9 Å². The van der Waals surface area contributed by atoms with Crippen LogP contribution in [0.15, 0.2) is 35.5 Å². The van der Waals surface area contributed by atoms with Crippen LogP contribution in [0, 0.1) is 6.92 Å². The van der Waals surface area contributed by atoms with E-state index in [0.717, 1.165) is 18.2 Å². The number of carbonyl (C=O) groups excluding carboxylic acids is 2. The highest BCUT2D eigenvalue weighted by atomic mass is 35.5. The van der Waals surface area contributed by atoms with Crippen molar-refractivity contribution in [2.75, 3.05) is 48.8 Å². The number of benzene rings is 1. The Kier molecular flexibility index (Phi) is 8.63. The largest absolute Gasteiger partial charge is 0.504 e. The van der Waals surface area contributed by atoms with Crippen LogP contribution in [0.1, 0.15) is 47.2 Å². The highest BCUT2D eigenvalue weighted by molar-refractivity contribution is 6.33. The number of fused-ring (bicyclic) bond motifs is 1. The van der Waals surface area contributed by atoms with Crippen LogP contribution in [0.3, 0.4) is 0 Å². The van der Waals surface area contributed by atoms with Gasteiger partial charge in [-0.1, -0.05) is 18.5 Å². The number of amides is 2. The molecule has 1 saturated carbocycles. The first-order valence-electron chi connectivity index (χ1n) is 15.5. The predicted octanol–water partition coefficient (Wildman–Crippen LogP) is 4.03. The molecule has 4 heterocycles. The number of aromatic nitrogens is 5. The summed E-state index contributed by atoms with van der Waals surface area (Å²) in [5.74, 6) is -0.893. The topological polar surface area (TPSA) is 150 Å². The Hall–Kier alpha value is -4.99. The van der Waals surface area contributed by atoms with Crippen molar-refractivity contribution in [1.29, 1.82) is 0 Å². The Balaban J connectivity index is 1.38. The lowest BCUT2D eigenvalue weighted by Gasteiger charge is -2.43. The minimum absolute atomic E-state index is 0.00866. The molecule has 2 amide bonds. The molecule has 0 bridgehead atoms. The van der Waals surface area contributed by atoms with Gasteiger partial charge in [0.2, 0.25) is 11.3 Å². The molecule has 2 N–H and O–H groups in total. The third-order valence-corrected chi connectivity index (χ3v) is 9.25. The lowest BCUT2D eigenvalue weighted by molar-refractivity contribution is -0.137. The summed E-state index contributed by atoms with van der Waals surface area (Å²) >= 11 is 6.11. The molecular weight excluding hydrogens is 667 g/mol. The maximum absolute atomic E-state index is 14.3. The van der Waals surface area contributed by atoms with Crippen molar-refractivity contribution in [2.45, 2.75) is 51.4 Å². The van der Waals surface area contributed by atoms with Gasteiger partial charge in [0.15, 0.2) is 22.6 Å². The van der Waals surface area contributed by atoms with Crippen LogP contribution in [-0.4, -0.2) is 85.6 Å². The molecule has 1 spiro atoms. The number of nitrogens with zero attached hydrogens (tertiary/aromatic N) is 8. The van der Waals surface area contributed by atoms with Crippen LogP contribution >= 0.6 is 11.6 Å². The van der Waals surface area contributed by atoms with E-state index in [2.05, 4.69) is 25.3 Å². The van der Waals surface area contributed by atoms with Crippen LogP contribution in [0.2, 0.25) is 5.02 Å². The Labute approximate surface area is 283 Å². The number of anilines is 3. The summed E-state index contributed by atoms with van der Waals surface area (Å²) in [6, 6.07) is 2.65. The van der Waals surface area contributed by atoms with E-state index in [1.807, 2.05) is 11.8 Å². The highest BCUT2D eigenvalue weighted by Crippen LogP contribution is 2.46. The minimum Gasteiger partial charge on any atom is -0.504 e. The number of halogens is 4. The van der Waals surface area contributed by atoms with Crippen molar-refractivity contribution >= 4 is 51.8 Å². The van der Waals surface area contributed by atoms with Crippen LogP contribution in [0.25, 0.3) is 11.2 Å². The first-order valence-corrected chi connectivity index (χ1v) is 15.9. The number of rotatable bonds is 7. The molecule has 258 valence electrons. The normalized spacial score (nSPS) is 15.5. The summed E-state index contributed by atoms with van der Waals surface area (Å²) in [6.07, 6.45) is -0.240. The van der Waals surface area contributed by atoms with Gasteiger partial charge in [0.05, 0.1) is 33.7 Å². The number of hydrogen-bond donors (Lipinski definition) is 2. The Bertz CT molecular complexity index is 2050. The van der Waals surface area contributed by atoms with Gasteiger partial charge in [-0.15, -0.1) is 0 Å². The van der Waals surface area contributed by atoms with E-state index in [9.17, 15) is 32.7 Å². The molecule has 2 aliphatic rings. The van der Waals surface area contributed by atoms with E-state index >= 15 is 0 Å². The van der Waals surface area contributed by atoms with Gasteiger partial charge in [-0.3, -0.25) is 14.4 Å². The molecule has 1 saturated heterocycles. The first kappa shape index (κ1) is 33.9. The fourth-order valence-corrected chi connectivity index (χ4v) is 6.46. The molecule has 49 heavy (non-hydrogen) atoms. The Morgan fingerprint density at radius 1 is 1.14 bits per heavy atom. The summed E-state index contributed by atoms with van der Waals surface area (Å²) in [4.78, 5) is 63.8. The fraction of sp³-hybridized carbons (Fsp3) is 0.406. The number of nitrogens with one attached hydrogen (secondary N) is 1. The van der Waals surface area contributed by atoms with E-state index in [-0.39, 0.29) is 64.1 Å². The van der Waals surface area contributed by atoms with E-state index in [4.69, 9.17) is 11.6 Å². The summed E-state index contributed by atoms with van der Waals surface area (Å²) < 4.78 is 41.1. The molecule has 0 radical (unpaired) electrons. The molecule has 0 atom stereocenters. The number of hydrogen-bond acceptors (Lipinski definition) is 10. The summed E-state index contributed by atoms with van der Waals surface area (Å²) in [7, 11) is 3.50. The SMILES string of the molecule is CCc1c(N2CCN(C(=O)c3ncnc(C)c3O)C3(CC3)C2)c(=O)c2nc(N(C)C)cnc2n1CC(=O)Nc1ccc(C(F)(F)F)cc1Cl. The first-order chi connectivity index (χ1) is 23.1. The molecule has 0 unspecified atom stereocenters. The number of alkyl halides is 3. The Morgan fingerprint density at radius 2 is 1.88 bits per heavy atom. The van der Waals surface area contributed by atoms with E-state index in [1.54, 1.807) is 35.4 Å². The van der Waals surface area contributed by atoms with Crippen LogP contribution in [0.4, 0.5) is 30.4 Å². The van der Waals surface area contributed by atoms with E-state index in [0.29, 0.717) is 43.0 Å². The van der Waals surface area contributed by atoms with Gasteiger partial charge in [-0.25, -0.2) is 19.9 Å². The number of aryl methyl sites for hydroxylation is 1. The molecular formula is C32H33ClF3N9O4. The second-order valence-electron chi connectivity index (χ2n) is 12.4. The molecule has 1 aromatic carbocycles. The average Bonchev–Trinajstić information content (AvgIpc) is 3.82. The van der Waals surface area contributed by atoms with E-state index in [1.165, 1.54) is 12.5 Å². The molecule has 3 aromatic heterocycles. The van der Waals surface area contributed by atoms with Crippen molar-refractivity contribution in [1.82, 2.24) is 29.4 Å². The molecule has 2 fully saturated rings. The Morgan fingerprint density at radius 3 is 2.51 bits per heavy atom. The summed E-state index contributed by atoms with van der Waals surface area (Å²) in [6.45, 7) is 3.87. The van der Waals surface area contributed by atoms with Crippen LogP contribution in [-0.2, 0) is 23.9 Å². The maximum atomic E-state index is 14.3. The second-order valence-corrected chi connectivity index (χ2v) is 12.8. The van der Waals surface area contributed by atoms with Gasteiger partial charge in [-0.2, -0.15) is 13.2 Å².